The molecule has 15 heavy (non-hydrogen) atoms. The predicted octanol–water partition coefficient (Wildman–Crippen LogP) is 2.54. The van der Waals surface area contributed by atoms with E-state index in [0.717, 1.165) is 11.6 Å². The molecule has 3 nitrogen and oxygen atoms in total. The van der Waals surface area contributed by atoms with E-state index in [9.17, 15) is 0 Å². The molecule has 1 heterocycles. The normalized spacial score (nSPS) is 19.7. The van der Waals surface area contributed by atoms with Crippen molar-refractivity contribution >= 4 is 11.6 Å². The van der Waals surface area contributed by atoms with E-state index in [4.69, 9.17) is 17.3 Å². The maximum atomic E-state index is 6.18. The summed E-state index contributed by atoms with van der Waals surface area (Å²) in [7, 11) is 0. The van der Waals surface area contributed by atoms with Crippen molar-refractivity contribution in [3.05, 3.63) is 16.9 Å². The topological polar surface area (TPSA) is 43.8 Å². The van der Waals surface area contributed by atoms with E-state index in [0.29, 0.717) is 5.92 Å². The summed E-state index contributed by atoms with van der Waals surface area (Å²) in [6.07, 6.45) is 6.85. The molecular weight excluding hydrogens is 210 g/mol. The molecule has 1 unspecified atom stereocenters. The second-order valence-electron chi connectivity index (χ2n) is 4.52. The summed E-state index contributed by atoms with van der Waals surface area (Å²) in [5.41, 5.74) is 7.00. The molecule has 0 spiro atoms. The average Bonchev–Trinajstić information content (AvgIpc) is 2.74. The fourth-order valence-corrected chi connectivity index (χ4v) is 2.69. The first-order valence-corrected chi connectivity index (χ1v) is 6.03. The highest BCUT2D eigenvalue weighted by Gasteiger charge is 2.23. The largest absolute Gasteiger partial charge is 0.326 e. The van der Waals surface area contributed by atoms with E-state index in [1.54, 1.807) is 6.20 Å². The quantitative estimate of drug-likeness (QED) is 0.863. The lowest BCUT2D eigenvalue weighted by Crippen LogP contribution is -2.24. The van der Waals surface area contributed by atoms with Gasteiger partial charge in [0.25, 0.3) is 0 Å². The van der Waals surface area contributed by atoms with Gasteiger partial charge in [-0.15, -0.1) is 0 Å². The van der Waals surface area contributed by atoms with E-state index >= 15 is 0 Å². The van der Waals surface area contributed by atoms with Crippen LogP contribution < -0.4 is 5.73 Å². The third kappa shape index (κ3) is 2.34. The van der Waals surface area contributed by atoms with Crippen LogP contribution in [0.1, 0.15) is 44.2 Å². The molecule has 1 saturated carbocycles. The van der Waals surface area contributed by atoms with Crippen LogP contribution in [0.3, 0.4) is 0 Å². The summed E-state index contributed by atoms with van der Waals surface area (Å²) in [5.74, 6) is 0.596. The van der Waals surface area contributed by atoms with Crippen LogP contribution in [-0.4, -0.2) is 15.8 Å². The summed E-state index contributed by atoms with van der Waals surface area (Å²) in [6, 6.07) is 0.126. The number of rotatable bonds is 3. The minimum absolute atomic E-state index is 0.126. The first-order valence-electron chi connectivity index (χ1n) is 5.65. The molecular formula is C11H18ClN3. The lowest BCUT2D eigenvalue weighted by molar-refractivity contribution is 0.497. The second kappa shape index (κ2) is 4.54. The Labute approximate surface area is 95.6 Å². The van der Waals surface area contributed by atoms with E-state index in [-0.39, 0.29) is 6.04 Å². The van der Waals surface area contributed by atoms with E-state index in [2.05, 4.69) is 5.10 Å². The molecule has 4 heteroatoms. The number of halogens is 1. The molecule has 1 aromatic rings. The van der Waals surface area contributed by atoms with E-state index < -0.39 is 0 Å². The van der Waals surface area contributed by atoms with Gasteiger partial charge in [0.1, 0.15) is 0 Å². The Morgan fingerprint density at radius 2 is 2.27 bits per heavy atom. The van der Waals surface area contributed by atoms with Gasteiger partial charge in [0.2, 0.25) is 0 Å². The van der Waals surface area contributed by atoms with Crippen molar-refractivity contribution in [2.24, 2.45) is 5.73 Å². The fraction of sp³-hybridized carbons (Fsp3) is 0.727. The van der Waals surface area contributed by atoms with Crippen LogP contribution in [0.15, 0.2) is 6.20 Å². The third-order valence-electron chi connectivity index (χ3n) is 3.04. The fourth-order valence-electron chi connectivity index (χ4n) is 2.40. The van der Waals surface area contributed by atoms with Crippen LogP contribution in [0, 0.1) is 0 Å². The number of aromatic nitrogens is 2. The maximum Gasteiger partial charge on any atom is 0.0820 e. The molecule has 0 amide bonds. The van der Waals surface area contributed by atoms with Crippen molar-refractivity contribution in [3.8, 4) is 0 Å². The van der Waals surface area contributed by atoms with Gasteiger partial charge in [-0.2, -0.15) is 5.10 Å². The second-order valence-corrected chi connectivity index (χ2v) is 4.93. The van der Waals surface area contributed by atoms with Crippen molar-refractivity contribution in [2.75, 3.05) is 0 Å². The number of hydrogen-bond donors (Lipinski definition) is 1. The zero-order valence-electron chi connectivity index (χ0n) is 9.12. The average molecular weight is 228 g/mol. The van der Waals surface area contributed by atoms with Crippen LogP contribution in [0.2, 0.25) is 5.02 Å². The molecule has 1 aromatic heterocycles. The Kier molecular flexibility index (Phi) is 3.32. The molecule has 1 aliphatic carbocycles. The Morgan fingerprint density at radius 3 is 2.87 bits per heavy atom. The molecule has 1 aliphatic rings. The van der Waals surface area contributed by atoms with Crippen LogP contribution in [-0.2, 0) is 6.54 Å². The van der Waals surface area contributed by atoms with Gasteiger partial charge in [-0.05, 0) is 19.8 Å². The molecule has 0 aromatic carbocycles. The Morgan fingerprint density at radius 1 is 1.60 bits per heavy atom. The molecule has 0 radical (unpaired) electrons. The molecule has 0 saturated heterocycles. The summed E-state index contributed by atoms with van der Waals surface area (Å²) in [6.45, 7) is 2.76. The highest BCUT2D eigenvalue weighted by molar-refractivity contribution is 6.31. The maximum absolute atomic E-state index is 6.18. The Hall–Kier alpha value is -0.540. The van der Waals surface area contributed by atoms with Crippen LogP contribution in [0.25, 0.3) is 0 Å². The van der Waals surface area contributed by atoms with Gasteiger partial charge in [-0.25, -0.2) is 0 Å². The summed E-state index contributed by atoms with van der Waals surface area (Å²) >= 11 is 6.18. The first-order chi connectivity index (χ1) is 7.18. The molecule has 0 bridgehead atoms. The molecule has 0 aliphatic heterocycles. The highest BCUT2D eigenvalue weighted by Crippen LogP contribution is 2.37. The van der Waals surface area contributed by atoms with Crippen molar-refractivity contribution in [3.63, 3.8) is 0 Å². The summed E-state index contributed by atoms with van der Waals surface area (Å²) in [4.78, 5) is 0. The number of hydrogen-bond acceptors (Lipinski definition) is 2. The molecule has 2 rings (SSSR count). The third-order valence-corrected chi connectivity index (χ3v) is 3.33. The van der Waals surface area contributed by atoms with Crippen molar-refractivity contribution in [1.82, 2.24) is 9.78 Å². The van der Waals surface area contributed by atoms with Crippen LogP contribution in [0.4, 0.5) is 0 Å². The number of nitrogens with two attached hydrogens (primary N) is 1. The van der Waals surface area contributed by atoms with Gasteiger partial charge in [0.15, 0.2) is 0 Å². The first kappa shape index (κ1) is 11.0. The molecule has 1 atom stereocenters. The minimum Gasteiger partial charge on any atom is -0.326 e. The van der Waals surface area contributed by atoms with Gasteiger partial charge in [0, 0.05) is 12.0 Å². The smallest absolute Gasteiger partial charge is 0.0820 e. The van der Waals surface area contributed by atoms with Crippen LogP contribution in [0.5, 0.6) is 0 Å². The van der Waals surface area contributed by atoms with Gasteiger partial charge in [-0.1, -0.05) is 24.4 Å². The van der Waals surface area contributed by atoms with Crippen molar-refractivity contribution in [2.45, 2.75) is 51.1 Å². The molecule has 84 valence electrons. The zero-order chi connectivity index (χ0) is 10.8. The van der Waals surface area contributed by atoms with Crippen molar-refractivity contribution in [1.29, 1.82) is 0 Å². The van der Waals surface area contributed by atoms with Gasteiger partial charge in [0.05, 0.1) is 23.5 Å². The lowest BCUT2D eigenvalue weighted by atomic mass is 10.0. The SMILES string of the molecule is CC(N)Cn1ncc(Cl)c1C1CCCC1. The van der Waals surface area contributed by atoms with Crippen LogP contribution >= 0.6 is 11.6 Å². The number of nitrogens with zero attached hydrogens (tertiary/aromatic N) is 2. The minimum atomic E-state index is 0.126. The standard InChI is InChI=1S/C11H18ClN3/c1-8(13)7-15-11(10(12)6-14-15)9-4-2-3-5-9/h6,8-9H,2-5,7,13H2,1H3. The molecule has 2 N–H and O–H groups in total. The van der Waals surface area contributed by atoms with Gasteiger partial charge in [-0.3, -0.25) is 4.68 Å². The predicted molar refractivity (Wildman–Crippen MR) is 62.1 cm³/mol. The lowest BCUT2D eigenvalue weighted by Gasteiger charge is -2.14. The molecule has 1 fully saturated rings. The van der Waals surface area contributed by atoms with Gasteiger partial charge >= 0.3 is 0 Å². The van der Waals surface area contributed by atoms with E-state index in [1.165, 1.54) is 31.4 Å². The Bertz CT molecular complexity index is 327. The summed E-state index contributed by atoms with van der Waals surface area (Å²) < 4.78 is 1.99. The summed E-state index contributed by atoms with van der Waals surface area (Å²) in [5, 5.41) is 5.11. The van der Waals surface area contributed by atoms with Crippen molar-refractivity contribution < 1.29 is 0 Å². The van der Waals surface area contributed by atoms with Gasteiger partial charge < -0.3 is 5.73 Å². The monoisotopic (exact) mass is 227 g/mol. The zero-order valence-corrected chi connectivity index (χ0v) is 9.87. The Balaban J connectivity index is 2.22. The highest BCUT2D eigenvalue weighted by atomic mass is 35.5. The van der Waals surface area contributed by atoms with E-state index in [1.807, 2.05) is 11.6 Å².